The van der Waals surface area contributed by atoms with E-state index in [1.165, 1.54) is 38.9 Å². The molecule has 4 heteroatoms. The van der Waals surface area contributed by atoms with Gasteiger partial charge in [-0.05, 0) is 77.3 Å². The monoisotopic (exact) mass is 495 g/mol. The van der Waals surface area contributed by atoms with Crippen LogP contribution in [-0.4, -0.2) is 9.55 Å². The minimum Gasteiger partial charge on any atom is -0.323 e. The molecule has 164 valence electrons. The third-order valence-electron chi connectivity index (χ3n) is 6.54. The number of fused-ring (bicyclic) bond motifs is 3. The number of imidazole rings is 1. The summed E-state index contributed by atoms with van der Waals surface area (Å²) in [7, 11) is 0. The van der Waals surface area contributed by atoms with Crippen molar-refractivity contribution in [3.05, 3.63) is 104 Å². The average molecular weight is 496 g/mol. The Labute approximate surface area is 203 Å². The summed E-state index contributed by atoms with van der Waals surface area (Å²) in [5.74, 6) is 1.14. The molecule has 0 saturated heterocycles. The molecule has 1 aromatic heterocycles. The molecule has 5 rings (SSSR count). The molecule has 3 aromatic carbocycles. The van der Waals surface area contributed by atoms with Gasteiger partial charge in [0.1, 0.15) is 5.82 Å². The van der Waals surface area contributed by atoms with Gasteiger partial charge in [0, 0.05) is 23.5 Å². The zero-order chi connectivity index (χ0) is 22.9. The van der Waals surface area contributed by atoms with Crippen LogP contribution in [0.3, 0.4) is 0 Å². The van der Waals surface area contributed by atoms with Crippen LogP contribution in [-0.2, 0) is 25.8 Å². The maximum atomic E-state index is 9.47. The maximum absolute atomic E-state index is 9.47. The van der Waals surface area contributed by atoms with E-state index in [-0.39, 0.29) is 0 Å². The first-order chi connectivity index (χ1) is 16.1. The molecule has 0 N–H and O–H groups in total. The minimum atomic E-state index is 0.791. The second-order valence-electron chi connectivity index (χ2n) is 8.79. The molecule has 0 radical (unpaired) electrons. The number of nitrogens with zero attached hydrogens (tertiary/aromatic N) is 3. The summed E-state index contributed by atoms with van der Waals surface area (Å²) in [5.41, 5.74) is 10.7. The van der Waals surface area contributed by atoms with E-state index in [4.69, 9.17) is 4.98 Å². The Balaban J connectivity index is 1.59. The maximum Gasteiger partial charge on any atom is 0.110 e. The fourth-order valence-corrected chi connectivity index (χ4v) is 5.58. The summed E-state index contributed by atoms with van der Waals surface area (Å²) in [6.07, 6.45) is 5.68. The fourth-order valence-electron chi connectivity index (χ4n) is 5.02. The Morgan fingerprint density at radius 1 is 1.06 bits per heavy atom. The Kier molecular flexibility index (Phi) is 5.91. The van der Waals surface area contributed by atoms with Gasteiger partial charge in [0.2, 0.25) is 0 Å². The van der Waals surface area contributed by atoms with E-state index in [1.54, 1.807) is 6.08 Å². The number of hydrogen-bond acceptors (Lipinski definition) is 2. The van der Waals surface area contributed by atoms with Gasteiger partial charge in [-0.3, -0.25) is 0 Å². The molecule has 0 amide bonds. The molecule has 0 spiro atoms. The molecular weight excluding hydrogens is 470 g/mol. The lowest BCUT2D eigenvalue weighted by molar-refractivity contribution is 0.721. The highest BCUT2D eigenvalue weighted by atomic mass is 79.9. The van der Waals surface area contributed by atoms with Crippen LogP contribution in [0.15, 0.2) is 65.1 Å². The summed E-state index contributed by atoms with van der Waals surface area (Å²) < 4.78 is 3.46. The van der Waals surface area contributed by atoms with Crippen molar-refractivity contribution >= 4 is 32.5 Å². The standard InChI is InChI=1S/C29H26BrN3/c1-3-6-28-32-29-19(2)15-23(30)17-27(29)33(28)18-20-9-12-25-22(16-20)11-10-21-7-4-5-8-24(21)26(25)13-14-31/h4-5,7-9,12-13,15-17H,3,6,10-11,18H2,1-2H3/b26-13+. The van der Waals surface area contributed by atoms with Gasteiger partial charge in [-0.1, -0.05) is 65.3 Å². The van der Waals surface area contributed by atoms with E-state index in [9.17, 15) is 5.26 Å². The van der Waals surface area contributed by atoms with Gasteiger partial charge >= 0.3 is 0 Å². The molecule has 0 unspecified atom stereocenters. The second kappa shape index (κ2) is 9.00. The van der Waals surface area contributed by atoms with E-state index in [0.29, 0.717) is 0 Å². The normalized spacial score (nSPS) is 14.1. The summed E-state index contributed by atoms with van der Waals surface area (Å²) in [6.45, 7) is 5.12. The smallest absolute Gasteiger partial charge is 0.110 e. The quantitative estimate of drug-likeness (QED) is 0.281. The highest BCUT2D eigenvalue weighted by molar-refractivity contribution is 9.10. The fraction of sp³-hybridized carbons (Fsp3) is 0.241. The van der Waals surface area contributed by atoms with Crippen LogP contribution < -0.4 is 0 Å². The van der Waals surface area contributed by atoms with Gasteiger partial charge in [-0.15, -0.1) is 0 Å². The number of benzene rings is 3. The molecule has 1 aliphatic carbocycles. The second-order valence-corrected chi connectivity index (χ2v) is 9.71. The van der Waals surface area contributed by atoms with E-state index >= 15 is 0 Å². The first kappa shape index (κ1) is 21.7. The van der Waals surface area contributed by atoms with Crippen molar-refractivity contribution in [2.75, 3.05) is 0 Å². The number of nitriles is 1. The van der Waals surface area contributed by atoms with Crippen molar-refractivity contribution in [3.8, 4) is 6.07 Å². The largest absolute Gasteiger partial charge is 0.323 e. The SMILES string of the molecule is CCCc1nc2c(C)cc(Br)cc2n1Cc1ccc2c(c1)CCc1ccccc1/C2=C\C#N. The Morgan fingerprint density at radius 3 is 2.67 bits per heavy atom. The van der Waals surface area contributed by atoms with Crippen molar-refractivity contribution in [1.82, 2.24) is 9.55 Å². The lowest BCUT2D eigenvalue weighted by Crippen LogP contribution is -2.06. The number of aryl methyl sites for hydroxylation is 4. The summed E-state index contributed by atoms with van der Waals surface area (Å²) in [4.78, 5) is 5.00. The molecule has 3 nitrogen and oxygen atoms in total. The van der Waals surface area contributed by atoms with Crippen LogP contribution in [0.5, 0.6) is 0 Å². The number of halogens is 1. The van der Waals surface area contributed by atoms with E-state index < -0.39 is 0 Å². The summed E-state index contributed by atoms with van der Waals surface area (Å²) in [5, 5.41) is 9.47. The molecule has 33 heavy (non-hydrogen) atoms. The van der Waals surface area contributed by atoms with Crippen LogP contribution in [0.2, 0.25) is 0 Å². The predicted molar refractivity (Wildman–Crippen MR) is 138 cm³/mol. The van der Waals surface area contributed by atoms with Gasteiger partial charge in [0.25, 0.3) is 0 Å². The molecule has 0 saturated carbocycles. The van der Waals surface area contributed by atoms with Crippen LogP contribution in [0, 0.1) is 18.3 Å². The average Bonchev–Trinajstić information content (AvgIpc) is 3.05. The topological polar surface area (TPSA) is 41.6 Å². The molecule has 0 aliphatic heterocycles. The number of aromatic nitrogens is 2. The lowest BCUT2D eigenvalue weighted by Gasteiger charge is -2.14. The van der Waals surface area contributed by atoms with Crippen molar-refractivity contribution in [3.63, 3.8) is 0 Å². The number of hydrogen-bond donors (Lipinski definition) is 0. The van der Waals surface area contributed by atoms with Crippen molar-refractivity contribution in [2.24, 2.45) is 0 Å². The summed E-state index contributed by atoms with van der Waals surface area (Å²) in [6, 6.07) is 21.8. The minimum absolute atomic E-state index is 0.791. The van der Waals surface area contributed by atoms with Gasteiger partial charge in [0.05, 0.1) is 17.1 Å². The van der Waals surface area contributed by atoms with Gasteiger partial charge in [0.15, 0.2) is 0 Å². The van der Waals surface area contributed by atoms with Crippen LogP contribution in [0.4, 0.5) is 0 Å². The van der Waals surface area contributed by atoms with Gasteiger partial charge in [-0.2, -0.15) is 5.26 Å². The van der Waals surface area contributed by atoms with Crippen molar-refractivity contribution < 1.29 is 0 Å². The number of rotatable bonds is 4. The highest BCUT2D eigenvalue weighted by Crippen LogP contribution is 2.34. The van der Waals surface area contributed by atoms with E-state index in [2.05, 4.69) is 95.0 Å². The predicted octanol–water partition coefficient (Wildman–Crippen LogP) is 7.16. The molecule has 0 atom stereocenters. The number of allylic oxidation sites excluding steroid dienone is 1. The van der Waals surface area contributed by atoms with Crippen LogP contribution >= 0.6 is 15.9 Å². The van der Waals surface area contributed by atoms with Crippen molar-refractivity contribution in [1.29, 1.82) is 5.26 Å². The van der Waals surface area contributed by atoms with E-state index in [0.717, 1.165) is 53.6 Å². The molecule has 1 heterocycles. The van der Waals surface area contributed by atoms with E-state index in [1.807, 2.05) is 0 Å². The van der Waals surface area contributed by atoms with Crippen molar-refractivity contribution in [2.45, 2.75) is 46.1 Å². The van der Waals surface area contributed by atoms with Crippen LogP contribution in [0.25, 0.3) is 16.6 Å². The lowest BCUT2D eigenvalue weighted by atomic mass is 9.93. The zero-order valence-corrected chi connectivity index (χ0v) is 20.6. The molecule has 0 bridgehead atoms. The van der Waals surface area contributed by atoms with Gasteiger partial charge < -0.3 is 4.57 Å². The molecular formula is C29H26BrN3. The van der Waals surface area contributed by atoms with Gasteiger partial charge in [-0.25, -0.2) is 4.98 Å². The zero-order valence-electron chi connectivity index (χ0n) is 19.0. The van der Waals surface area contributed by atoms with Crippen LogP contribution in [0.1, 0.15) is 52.5 Å². The summed E-state index contributed by atoms with van der Waals surface area (Å²) >= 11 is 3.67. The Bertz CT molecular complexity index is 1440. The Hall–Kier alpha value is -3.16. The molecule has 1 aliphatic rings. The third kappa shape index (κ3) is 4.03. The highest BCUT2D eigenvalue weighted by Gasteiger charge is 2.19. The third-order valence-corrected chi connectivity index (χ3v) is 7.00. The first-order valence-electron chi connectivity index (χ1n) is 11.5. The molecule has 0 fully saturated rings. The first-order valence-corrected chi connectivity index (χ1v) is 12.3. The molecule has 4 aromatic rings. The Morgan fingerprint density at radius 2 is 1.85 bits per heavy atom.